The Labute approximate surface area is 130 Å². The predicted molar refractivity (Wildman–Crippen MR) is 88.0 cm³/mol. The zero-order valence-electron chi connectivity index (χ0n) is 13.0. The van der Waals surface area contributed by atoms with E-state index in [-0.39, 0.29) is 5.78 Å². The zero-order valence-corrected chi connectivity index (χ0v) is 13.0. The molecule has 1 aromatic heterocycles. The van der Waals surface area contributed by atoms with Crippen molar-refractivity contribution in [2.24, 2.45) is 7.05 Å². The molecule has 3 rings (SSSR count). The molecule has 2 aromatic carbocycles. The van der Waals surface area contributed by atoms with E-state index in [0.717, 1.165) is 22.5 Å². The number of hydrogen-bond donors (Lipinski definition) is 0. The minimum atomic E-state index is -0.0484. The van der Waals surface area contributed by atoms with E-state index in [9.17, 15) is 4.79 Å². The van der Waals surface area contributed by atoms with Gasteiger partial charge in [0.1, 0.15) is 0 Å². The quantitative estimate of drug-likeness (QED) is 0.685. The second kappa shape index (κ2) is 5.60. The van der Waals surface area contributed by atoms with Gasteiger partial charge in [-0.15, -0.1) is 0 Å². The van der Waals surface area contributed by atoms with E-state index in [2.05, 4.69) is 4.98 Å². The first kappa shape index (κ1) is 14.3. The summed E-state index contributed by atoms with van der Waals surface area (Å²) in [7, 11) is 1.89. The molecule has 0 saturated heterocycles. The fourth-order valence-corrected chi connectivity index (χ4v) is 2.49. The number of ketones is 1. The van der Waals surface area contributed by atoms with Crippen LogP contribution in [0.4, 0.5) is 0 Å². The molecule has 0 spiro atoms. The summed E-state index contributed by atoms with van der Waals surface area (Å²) in [5.74, 6) is 0.424. The van der Waals surface area contributed by atoms with Crippen molar-refractivity contribution in [3.05, 3.63) is 77.2 Å². The van der Waals surface area contributed by atoms with E-state index >= 15 is 0 Å². The Kier molecular flexibility index (Phi) is 3.63. The van der Waals surface area contributed by atoms with Crippen molar-refractivity contribution < 1.29 is 4.79 Å². The molecule has 0 aliphatic rings. The fraction of sp³-hybridized carbons (Fsp3) is 0.158. The highest BCUT2D eigenvalue weighted by atomic mass is 16.1. The summed E-state index contributed by atoms with van der Waals surface area (Å²) in [6, 6.07) is 17.5. The molecule has 22 heavy (non-hydrogen) atoms. The normalized spacial score (nSPS) is 10.7. The van der Waals surface area contributed by atoms with Gasteiger partial charge in [-0.05, 0) is 13.8 Å². The van der Waals surface area contributed by atoms with Crippen LogP contribution in [0.2, 0.25) is 0 Å². The number of carbonyl (C=O) groups is 1. The number of carbonyl (C=O) groups excluding carboxylic acids is 1. The van der Waals surface area contributed by atoms with Crippen molar-refractivity contribution in [3.63, 3.8) is 0 Å². The van der Waals surface area contributed by atoms with Gasteiger partial charge in [-0.1, -0.05) is 60.2 Å². The van der Waals surface area contributed by atoms with Crippen LogP contribution >= 0.6 is 0 Å². The van der Waals surface area contributed by atoms with E-state index in [0.29, 0.717) is 11.4 Å². The molecular weight excluding hydrogens is 272 g/mol. The van der Waals surface area contributed by atoms with Gasteiger partial charge < -0.3 is 4.57 Å². The number of aromatic nitrogens is 2. The molecule has 0 aliphatic heterocycles. The molecule has 0 amide bonds. The summed E-state index contributed by atoms with van der Waals surface area (Å²) in [6.07, 6.45) is 0. The number of rotatable bonds is 3. The van der Waals surface area contributed by atoms with E-state index in [1.807, 2.05) is 80.1 Å². The summed E-state index contributed by atoms with van der Waals surface area (Å²) >= 11 is 0. The maximum absolute atomic E-state index is 12.7. The number of aryl methyl sites for hydroxylation is 1. The van der Waals surface area contributed by atoms with E-state index in [4.69, 9.17) is 0 Å². The molecular formula is C19H18N2O. The molecule has 110 valence electrons. The lowest BCUT2D eigenvalue weighted by Gasteiger charge is -2.03. The monoisotopic (exact) mass is 290 g/mol. The first-order valence-electron chi connectivity index (χ1n) is 7.28. The molecule has 0 aliphatic carbocycles. The molecule has 3 nitrogen and oxygen atoms in total. The van der Waals surface area contributed by atoms with Crippen LogP contribution in [0.5, 0.6) is 0 Å². The Morgan fingerprint density at radius 1 is 0.955 bits per heavy atom. The Hall–Kier alpha value is -2.68. The number of benzene rings is 2. The highest BCUT2D eigenvalue weighted by Gasteiger charge is 2.19. The average Bonchev–Trinajstić information content (AvgIpc) is 2.84. The molecule has 1 heterocycles. The van der Waals surface area contributed by atoms with E-state index < -0.39 is 0 Å². The highest BCUT2D eigenvalue weighted by Crippen LogP contribution is 2.23. The maximum Gasteiger partial charge on any atom is 0.228 e. The van der Waals surface area contributed by atoms with E-state index in [1.165, 1.54) is 0 Å². The lowest BCUT2D eigenvalue weighted by Crippen LogP contribution is -2.09. The number of hydrogen-bond acceptors (Lipinski definition) is 2. The van der Waals surface area contributed by atoms with Crippen LogP contribution in [0.15, 0.2) is 54.6 Å². The van der Waals surface area contributed by atoms with Crippen LogP contribution in [-0.4, -0.2) is 15.3 Å². The fourth-order valence-electron chi connectivity index (χ4n) is 2.49. The Bertz CT molecular complexity index is 815. The van der Waals surface area contributed by atoms with Crippen molar-refractivity contribution in [1.29, 1.82) is 0 Å². The molecule has 0 bridgehead atoms. The van der Waals surface area contributed by atoms with Gasteiger partial charge in [-0.2, -0.15) is 0 Å². The van der Waals surface area contributed by atoms with Gasteiger partial charge in [0, 0.05) is 23.9 Å². The summed E-state index contributed by atoms with van der Waals surface area (Å²) in [6.45, 7) is 3.99. The minimum absolute atomic E-state index is 0.0484. The number of imidazole rings is 1. The van der Waals surface area contributed by atoms with Gasteiger partial charge in [0.25, 0.3) is 0 Å². The molecule has 0 N–H and O–H groups in total. The minimum Gasteiger partial charge on any atom is -0.328 e. The lowest BCUT2D eigenvalue weighted by atomic mass is 10.1. The Balaban J connectivity index is 2.05. The van der Waals surface area contributed by atoms with Gasteiger partial charge in [-0.25, -0.2) is 4.98 Å². The second-order valence-corrected chi connectivity index (χ2v) is 5.49. The van der Waals surface area contributed by atoms with Crippen molar-refractivity contribution in [1.82, 2.24) is 9.55 Å². The molecule has 0 atom stereocenters. The van der Waals surface area contributed by atoms with Crippen molar-refractivity contribution >= 4 is 5.78 Å². The molecule has 3 aromatic rings. The Morgan fingerprint density at radius 3 is 2.23 bits per heavy atom. The first-order valence-corrected chi connectivity index (χ1v) is 7.28. The predicted octanol–water partition coefficient (Wildman–Crippen LogP) is 3.93. The summed E-state index contributed by atoms with van der Waals surface area (Å²) in [5, 5.41) is 0. The largest absolute Gasteiger partial charge is 0.328 e. The van der Waals surface area contributed by atoms with Crippen LogP contribution in [0, 0.1) is 13.8 Å². The zero-order chi connectivity index (χ0) is 15.7. The highest BCUT2D eigenvalue weighted by molar-refractivity contribution is 6.07. The molecule has 0 fully saturated rings. The lowest BCUT2D eigenvalue weighted by molar-refractivity contribution is 0.102. The molecule has 3 heteroatoms. The maximum atomic E-state index is 12.7. The molecule has 0 radical (unpaired) electrons. The SMILES string of the molecule is Cc1ccc(C(=O)c2nc(-c3ccccc3)c(C)n2C)cc1. The van der Waals surface area contributed by atoms with Crippen molar-refractivity contribution in [2.75, 3.05) is 0 Å². The van der Waals surface area contributed by atoms with Gasteiger partial charge >= 0.3 is 0 Å². The first-order chi connectivity index (χ1) is 10.6. The standard InChI is InChI=1S/C19H18N2O/c1-13-9-11-16(12-10-13)18(22)19-20-17(14(2)21(19)3)15-7-5-4-6-8-15/h4-12H,1-3H3. The molecule has 0 saturated carbocycles. The van der Waals surface area contributed by atoms with Crippen LogP contribution in [-0.2, 0) is 7.05 Å². The van der Waals surface area contributed by atoms with Crippen LogP contribution in [0.3, 0.4) is 0 Å². The topological polar surface area (TPSA) is 34.9 Å². The van der Waals surface area contributed by atoms with Crippen molar-refractivity contribution in [2.45, 2.75) is 13.8 Å². The third-order valence-corrected chi connectivity index (χ3v) is 3.95. The third-order valence-electron chi connectivity index (χ3n) is 3.95. The van der Waals surface area contributed by atoms with Gasteiger partial charge in [0.05, 0.1) is 5.69 Å². The summed E-state index contributed by atoms with van der Waals surface area (Å²) < 4.78 is 1.87. The number of nitrogens with zero attached hydrogens (tertiary/aromatic N) is 2. The summed E-state index contributed by atoms with van der Waals surface area (Å²) in [5.41, 5.74) is 4.68. The van der Waals surface area contributed by atoms with Gasteiger partial charge in [0.15, 0.2) is 5.82 Å². The Morgan fingerprint density at radius 2 is 1.59 bits per heavy atom. The van der Waals surface area contributed by atoms with E-state index in [1.54, 1.807) is 0 Å². The van der Waals surface area contributed by atoms with Crippen LogP contribution in [0.1, 0.15) is 27.4 Å². The van der Waals surface area contributed by atoms with Gasteiger partial charge in [-0.3, -0.25) is 4.79 Å². The van der Waals surface area contributed by atoms with Crippen LogP contribution in [0.25, 0.3) is 11.3 Å². The van der Waals surface area contributed by atoms with Crippen molar-refractivity contribution in [3.8, 4) is 11.3 Å². The second-order valence-electron chi connectivity index (χ2n) is 5.49. The molecule has 0 unspecified atom stereocenters. The third kappa shape index (κ3) is 2.46. The van der Waals surface area contributed by atoms with Crippen LogP contribution < -0.4 is 0 Å². The summed E-state index contributed by atoms with van der Waals surface area (Å²) in [4.78, 5) is 17.3. The smallest absolute Gasteiger partial charge is 0.228 e. The average molecular weight is 290 g/mol. The van der Waals surface area contributed by atoms with Gasteiger partial charge in [0.2, 0.25) is 5.78 Å².